The fraction of sp³-hybridized carbons (Fsp3) is 0.647. The second-order valence-corrected chi connectivity index (χ2v) is 8.06. The van der Waals surface area contributed by atoms with Crippen LogP contribution in [-0.4, -0.2) is 31.1 Å². The minimum absolute atomic E-state index is 0.569. The van der Waals surface area contributed by atoms with E-state index in [4.69, 9.17) is 0 Å². The highest BCUT2D eigenvalue weighted by atomic mass is 79.9. The minimum atomic E-state index is 0.569. The van der Waals surface area contributed by atoms with Gasteiger partial charge in [0.25, 0.3) is 0 Å². The summed E-state index contributed by atoms with van der Waals surface area (Å²) in [6.07, 6.45) is 6.99. The molecule has 1 saturated heterocycles. The molecule has 0 unspecified atom stereocenters. The fourth-order valence-corrected chi connectivity index (χ4v) is 4.76. The lowest BCUT2D eigenvalue weighted by Crippen LogP contribution is -2.47. The number of halogens is 2. The number of rotatable bonds is 3. The summed E-state index contributed by atoms with van der Waals surface area (Å²) in [7, 11) is 0. The van der Waals surface area contributed by atoms with Crippen molar-refractivity contribution in [1.29, 1.82) is 0 Å². The van der Waals surface area contributed by atoms with Crippen LogP contribution in [0.2, 0.25) is 0 Å². The van der Waals surface area contributed by atoms with Crippen LogP contribution in [0.5, 0.6) is 0 Å². The van der Waals surface area contributed by atoms with Gasteiger partial charge in [0.1, 0.15) is 0 Å². The van der Waals surface area contributed by atoms with Crippen molar-refractivity contribution in [3.8, 4) is 0 Å². The maximum atomic E-state index is 3.80. The third-order valence-corrected chi connectivity index (χ3v) is 6.13. The average Bonchev–Trinajstić information content (AvgIpc) is 2.53. The van der Waals surface area contributed by atoms with Crippen molar-refractivity contribution in [3.05, 3.63) is 32.7 Å². The van der Waals surface area contributed by atoms with E-state index in [2.05, 4.69) is 60.3 Å². The first-order valence-electron chi connectivity index (χ1n) is 8.15. The van der Waals surface area contributed by atoms with Crippen molar-refractivity contribution in [2.45, 2.75) is 38.1 Å². The zero-order valence-electron chi connectivity index (χ0n) is 12.5. The highest BCUT2D eigenvalue weighted by Crippen LogP contribution is 2.41. The van der Waals surface area contributed by atoms with Crippen molar-refractivity contribution < 1.29 is 0 Å². The lowest BCUT2D eigenvalue weighted by Gasteiger charge is -2.41. The van der Waals surface area contributed by atoms with Crippen molar-refractivity contribution in [3.63, 3.8) is 0 Å². The Labute approximate surface area is 144 Å². The maximum absolute atomic E-state index is 3.80. The van der Waals surface area contributed by atoms with Crippen LogP contribution in [0.15, 0.2) is 27.1 Å². The summed E-state index contributed by atoms with van der Waals surface area (Å²) in [5, 5.41) is 3.49. The molecule has 1 aromatic rings. The van der Waals surface area contributed by atoms with Gasteiger partial charge in [-0.3, -0.25) is 4.90 Å². The van der Waals surface area contributed by atoms with E-state index in [9.17, 15) is 0 Å². The smallest absolute Gasteiger partial charge is 0.0388 e. The minimum Gasteiger partial charge on any atom is -0.314 e. The molecule has 0 aromatic heterocycles. The molecule has 1 atom stereocenters. The first-order chi connectivity index (χ1) is 10.3. The standard InChI is InChI=1S/C17H24Br2N2/c18-14-6-7-16(19)15(12-14)17(13-4-2-1-3-5-13)21-10-8-20-9-11-21/h6-7,12-13,17,20H,1-5,8-11H2/t17-/m0/s1. The Kier molecular flexibility index (Phi) is 5.77. The van der Waals surface area contributed by atoms with E-state index in [1.165, 1.54) is 59.7 Å². The Morgan fingerprint density at radius 3 is 2.48 bits per heavy atom. The Hall–Kier alpha value is 0.1000. The number of piperazine rings is 1. The molecular formula is C17H24Br2N2. The Morgan fingerprint density at radius 1 is 1.05 bits per heavy atom. The molecule has 1 aliphatic carbocycles. The zero-order chi connectivity index (χ0) is 14.7. The molecular weight excluding hydrogens is 392 g/mol. The summed E-state index contributed by atoms with van der Waals surface area (Å²) >= 11 is 7.46. The Morgan fingerprint density at radius 2 is 1.76 bits per heavy atom. The molecule has 0 amide bonds. The van der Waals surface area contributed by atoms with Gasteiger partial charge in [0.15, 0.2) is 0 Å². The summed E-state index contributed by atoms with van der Waals surface area (Å²) in [5.74, 6) is 0.808. The molecule has 21 heavy (non-hydrogen) atoms. The summed E-state index contributed by atoms with van der Waals surface area (Å²) in [6.45, 7) is 4.57. The fourth-order valence-electron chi connectivity index (χ4n) is 3.90. The summed E-state index contributed by atoms with van der Waals surface area (Å²) < 4.78 is 2.46. The molecule has 116 valence electrons. The van der Waals surface area contributed by atoms with E-state index in [0.717, 1.165) is 19.0 Å². The Bertz CT molecular complexity index is 448. The zero-order valence-corrected chi connectivity index (χ0v) is 15.6. The summed E-state index contributed by atoms with van der Waals surface area (Å²) in [5.41, 5.74) is 1.47. The molecule has 2 aliphatic rings. The number of nitrogens with one attached hydrogen (secondary N) is 1. The van der Waals surface area contributed by atoms with Gasteiger partial charge in [-0.15, -0.1) is 0 Å². The molecule has 0 spiro atoms. The number of hydrogen-bond acceptors (Lipinski definition) is 2. The van der Waals surface area contributed by atoms with Gasteiger partial charge in [0.2, 0.25) is 0 Å². The lowest BCUT2D eigenvalue weighted by molar-refractivity contribution is 0.103. The molecule has 0 bridgehead atoms. The first kappa shape index (κ1) is 16.0. The van der Waals surface area contributed by atoms with Gasteiger partial charge in [0.05, 0.1) is 0 Å². The SMILES string of the molecule is Brc1ccc(Br)c([C@H](C2CCCCC2)N2CCNCC2)c1. The molecule has 2 nitrogen and oxygen atoms in total. The lowest BCUT2D eigenvalue weighted by atomic mass is 9.80. The molecule has 4 heteroatoms. The predicted molar refractivity (Wildman–Crippen MR) is 95.6 cm³/mol. The highest BCUT2D eigenvalue weighted by molar-refractivity contribution is 9.11. The van der Waals surface area contributed by atoms with Crippen LogP contribution < -0.4 is 5.32 Å². The Balaban J connectivity index is 1.91. The third-order valence-electron chi connectivity index (χ3n) is 4.92. The third kappa shape index (κ3) is 3.90. The number of benzene rings is 1. The molecule has 2 fully saturated rings. The van der Waals surface area contributed by atoms with E-state index < -0.39 is 0 Å². The van der Waals surface area contributed by atoms with Gasteiger partial charge in [-0.25, -0.2) is 0 Å². The summed E-state index contributed by atoms with van der Waals surface area (Å²) in [4.78, 5) is 2.71. The average molecular weight is 416 g/mol. The number of nitrogens with zero attached hydrogens (tertiary/aromatic N) is 1. The van der Waals surface area contributed by atoms with Gasteiger partial charge in [-0.2, -0.15) is 0 Å². The van der Waals surface area contributed by atoms with Crippen LogP contribution in [0, 0.1) is 5.92 Å². The summed E-state index contributed by atoms with van der Waals surface area (Å²) in [6, 6.07) is 7.21. The quantitative estimate of drug-likeness (QED) is 0.766. The van der Waals surface area contributed by atoms with Gasteiger partial charge >= 0.3 is 0 Å². The molecule has 1 saturated carbocycles. The van der Waals surface area contributed by atoms with Crippen LogP contribution in [0.1, 0.15) is 43.7 Å². The molecule has 1 heterocycles. The normalized spacial score (nSPS) is 23.1. The maximum Gasteiger partial charge on any atom is 0.0388 e. The van der Waals surface area contributed by atoms with Gasteiger partial charge < -0.3 is 5.32 Å². The first-order valence-corrected chi connectivity index (χ1v) is 9.74. The second-order valence-electron chi connectivity index (χ2n) is 6.29. The van der Waals surface area contributed by atoms with Crippen molar-refractivity contribution in [2.24, 2.45) is 5.92 Å². The van der Waals surface area contributed by atoms with Crippen molar-refractivity contribution >= 4 is 31.9 Å². The van der Waals surface area contributed by atoms with Crippen LogP contribution in [0.4, 0.5) is 0 Å². The predicted octanol–water partition coefficient (Wildman–Crippen LogP) is 4.74. The topological polar surface area (TPSA) is 15.3 Å². The van der Waals surface area contributed by atoms with E-state index in [0.29, 0.717) is 6.04 Å². The molecule has 0 radical (unpaired) electrons. The second kappa shape index (κ2) is 7.58. The van der Waals surface area contributed by atoms with Crippen molar-refractivity contribution in [1.82, 2.24) is 10.2 Å². The van der Waals surface area contributed by atoms with Gasteiger partial charge in [-0.1, -0.05) is 51.1 Å². The monoisotopic (exact) mass is 414 g/mol. The van der Waals surface area contributed by atoms with Crippen molar-refractivity contribution in [2.75, 3.05) is 26.2 Å². The number of hydrogen-bond donors (Lipinski definition) is 1. The van der Waals surface area contributed by atoms with E-state index in [1.54, 1.807) is 0 Å². The largest absolute Gasteiger partial charge is 0.314 e. The molecule has 1 N–H and O–H groups in total. The van der Waals surface area contributed by atoms with Crippen LogP contribution in [-0.2, 0) is 0 Å². The molecule has 3 rings (SSSR count). The van der Waals surface area contributed by atoms with Crippen LogP contribution >= 0.6 is 31.9 Å². The van der Waals surface area contributed by atoms with Crippen LogP contribution in [0.3, 0.4) is 0 Å². The molecule has 1 aliphatic heterocycles. The highest BCUT2D eigenvalue weighted by Gasteiger charge is 2.32. The van der Waals surface area contributed by atoms with Gasteiger partial charge in [-0.05, 0) is 42.5 Å². The van der Waals surface area contributed by atoms with Gasteiger partial charge in [0, 0.05) is 41.2 Å². The van der Waals surface area contributed by atoms with E-state index >= 15 is 0 Å². The molecule has 1 aromatic carbocycles. The van der Waals surface area contributed by atoms with Crippen LogP contribution in [0.25, 0.3) is 0 Å². The van der Waals surface area contributed by atoms with E-state index in [-0.39, 0.29) is 0 Å². The van der Waals surface area contributed by atoms with E-state index in [1.807, 2.05) is 0 Å².